The Hall–Kier alpha value is -2.15. The van der Waals surface area contributed by atoms with Gasteiger partial charge in [-0.15, -0.1) is 11.3 Å². The van der Waals surface area contributed by atoms with Crippen molar-refractivity contribution >= 4 is 45.2 Å². The highest BCUT2D eigenvalue weighted by atomic mass is 32.1. The van der Waals surface area contributed by atoms with Gasteiger partial charge in [0.1, 0.15) is 4.83 Å². The lowest BCUT2D eigenvalue weighted by atomic mass is 10.2. The number of pyridine rings is 1. The van der Waals surface area contributed by atoms with Crippen molar-refractivity contribution in [1.29, 1.82) is 0 Å². The van der Waals surface area contributed by atoms with Crippen molar-refractivity contribution in [2.24, 2.45) is 0 Å². The fraction of sp³-hybridized carbons (Fsp3) is 0.400. The Morgan fingerprint density at radius 1 is 1.50 bits per heavy atom. The van der Waals surface area contributed by atoms with Gasteiger partial charge in [-0.2, -0.15) is 0 Å². The van der Waals surface area contributed by atoms with Crippen LogP contribution in [-0.2, 0) is 4.74 Å². The van der Waals surface area contributed by atoms with Crippen molar-refractivity contribution in [2.45, 2.75) is 6.92 Å². The lowest BCUT2D eigenvalue weighted by molar-refractivity contribution is -0.459. The van der Waals surface area contributed by atoms with Crippen LogP contribution in [-0.4, -0.2) is 56.7 Å². The summed E-state index contributed by atoms with van der Waals surface area (Å²) in [6, 6.07) is 1.94. The number of fused-ring (bicyclic) bond motifs is 1. The van der Waals surface area contributed by atoms with Gasteiger partial charge in [-0.05, 0) is 13.0 Å². The van der Waals surface area contributed by atoms with E-state index >= 15 is 0 Å². The van der Waals surface area contributed by atoms with Crippen LogP contribution < -0.4 is 10.2 Å². The van der Waals surface area contributed by atoms with Gasteiger partial charge >= 0.3 is 5.97 Å². The zero-order valence-corrected chi connectivity index (χ0v) is 14.3. The van der Waals surface area contributed by atoms with E-state index in [9.17, 15) is 4.79 Å². The smallest absolute Gasteiger partial charge is 0.352 e. The fourth-order valence-corrected chi connectivity index (χ4v) is 3.07. The maximum Gasteiger partial charge on any atom is 0.352 e. The molecule has 1 N–H and O–H groups in total. The second-order valence-electron chi connectivity index (χ2n) is 5.17. The molecule has 0 unspecified atom stereocenters. The molecule has 0 atom stereocenters. The molecule has 0 aliphatic carbocycles. The first kappa shape index (κ1) is 16.2. The van der Waals surface area contributed by atoms with Crippen molar-refractivity contribution in [1.82, 2.24) is 4.98 Å². The molecular formula is C15H21N4O2S+. The number of hydrogen-bond donors (Lipinski definition) is 1. The summed E-state index contributed by atoms with van der Waals surface area (Å²) in [5.41, 5.74) is 1.75. The van der Waals surface area contributed by atoms with Gasteiger partial charge in [-0.3, -0.25) is 4.58 Å². The van der Waals surface area contributed by atoms with Crippen LogP contribution in [0.1, 0.15) is 16.6 Å². The predicted molar refractivity (Wildman–Crippen MR) is 91.7 cm³/mol. The molecule has 0 saturated heterocycles. The summed E-state index contributed by atoms with van der Waals surface area (Å²) >= 11 is 1.34. The molecule has 2 heterocycles. The molecule has 2 aromatic rings. The molecule has 0 fully saturated rings. The van der Waals surface area contributed by atoms with Gasteiger partial charge in [0.25, 0.3) is 0 Å². The number of aromatic nitrogens is 1. The van der Waals surface area contributed by atoms with E-state index in [0.717, 1.165) is 21.6 Å². The molecule has 0 aliphatic heterocycles. The molecule has 0 bridgehead atoms. The first-order valence-electron chi connectivity index (χ1n) is 6.98. The number of ether oxygens (including phenoxy) is 1. The summed E-state index contributed by atoms with van der Waals surface area (Å²) < 4.78 is 7.05. The summed E-state index contributed by atoms with van der Waals surface area (Å²) in [4.78, 5) is 20.0. The van der Waals surface area contributed by atoms with Crippen molar-refractivity contribution < 1.29 is 14.1 Å². The zero-order valence-electron chi connectivity index (χ0n) is 13.5. The third-order valence-electron chi connectivity index (χ3n) is 2.98. The number of nitrogens with one attached hydrogen (secondary N) is 1. The van der Waals surface area contributed by atoms with Crippen LogP contribution >= 0.6 is 11.3 Å². The molecule has 0 amide bonds. The average molecular weight is 321 g/mol. The molecule has 0 saturated carbocycles. The quantitative estimate of drug-likeness (QED) is 0.396. The zero-order chi connectivity index (χ0) is 16.3. The number of thiophene rings is 1. The molecule has 7 heteroatoms. The molecule has 6 nitrogen and oxygen atoms in total. The van der Waals surface area contributed by atoms with E-state index in [4.69, 9.17) is 4.74 Å². The van der Waals surface area contributed by atoms with Crippen LogP contribution in [0.4, 0.5) is 11.4 Å². The van der Waals surface area contributed by atoms with Crippen LogP contribution in [0.3, 0.4) is 0 Å². The number of anilines is 2. The van der Waals surface area contributed by atoms with Crippen molar-refractivity contribution in [3.8, 4) is 0 Å². The number of hydrogen-bond acceptors (Lipinski definition) is 5. The number of rotatable bonds is 5. The van der Waals surface area contributed by atoms with E-state index in [1.807, 2.05) is 43.7 Å². The topological polar surface area (TPSA) is 57.5 Å². The molecule has 22 heavy (non-hydrogen) atoms. The normalized spacial score (nSPS) is 10.4. The third kappa shape index (κ3) is 3.19. The van der Waals surface area contributed by atoms with Crippen LogP contribution in [0, 0.1) is 0 Å². The van der Waals surface area contributed by atoms with E-state index < -0.39 is 0 Å². The minimum Gasteiger partial charge on any atom is -0.462 e. The third-order valence-corrected chi connectivity index (χ3v) is 4.06. The maximum atomic E-state index is 12.2. The Balaban J connectivity index is 2.68. The second kappa shape index (κ2) is 6.74. The van der Waals surface area contributed by atoms with E-state index in [2.05, 4.69) is 10.3 Å². The Bertz CT molecular complexity index is 718. The molecule has 0 spiro atoms. The monoisotopic (exact) mass is 321 g/mol. The van der Waals surface area contributed by atoms with E-state index in [-0.39, 0.29) is 5.97 Å². The maximum absolute atomic E-state index is 12.2. The summed E-state index contributed by atoms with van der Waals surface area (Å²) in [5.74, 6) is -0.329. The highest BCUT2D eigenvalue weighted by Gasteiger charge is 2.25. The molecule has 118 valence electrons. The van der Waals surface area contributed by atoms with E-state index in [1.54, 1.807) is 19.5 Å². The van der Waals surface area contributed by atoms with Crippen molar-refractivity contribution in [2.75, 3.05) is 45.0 Å². The SMILES string of the molecule is CCOC(=O)c1sc2nccc(N(C)C)c2c1NC=[N+](C)C. The number of carbonyl (C=O) groups is 1. The number of nitrogens with zero attached hydrogens (tertiary/aromatic N) is 3. The Kier molecular flexibility index (Phi) is 4.97. The molecule has 2 rings (SSSR count). The first-order chi connectivity index (χ1) is 10.5. The molecule has 0 radical (unpaired) electrons. The second-order valence-corrected chi connectivity index (χ2v) is 6.17. The van der Waals surface area contributed by atoms with Gasteiger partial charge in [0.05, 0.1) is 31.8 Å². The minimum absolute atomic E-state index is 0.329. The summed E-state index contributed by atoms with van der Waals surface area (Å²) in [7, 11) is 7.76. The number of carbonyl (C=O) groups excluding carboxylic acids is 1. The van der Waals surface area contributed by atoms with Gasteiger partial charge < -0.3 is 9.64 Å². The first-order valence-corrected chi connectivity index (χ1v) is 7.79. The standard InChI is InChI=1S/C15H20N4O2S/c1-6-21-15(20)13-12(17-9-18(2)3)11-10(19(4)5)7-8-16-14(11)22-13/h7-9H,6H2,1-5H3/p+1. The fourth-order valence-electron chi connectivity index (χ4n) is 2.05. The van der Waals surface area contributed by atoms with Gasteiger partial charge in [-0.25, -0.2) is 15.1 Å². The van der Waals surface area contributed by atoms with E-state index in [0.29, 0.717) is 11.5 Å². The van der Waals surface area contributed by atoms with Gasteiger partial charge in [0, 0.05) is 20.3 Å². The Morgan fingerprint density at radius 2 is 2.23 bits per heavy atom. The Labute approximate surface area is 134 Å². The minimum atomic E-state index is -0.329. The van der Waals surface area contributed by atoms with Crippen LogP contribution in [0.15, 0.2) is 12.3 Å². The lowest BCUT2D eigenvalue weighted by Gasteiger charge is -2.13. The highest BCUT2D eigenvalue weighted by Crippen LogP contribution is 2.40. The molecule has 0 aromatic carbocycles. The van der Waals surface area contributed by atoms with Gasteiger partial charge in [0.15, 0.2) is 10.6 Å². The molecular weight excluding hydrogens is 300 g/mol. The average Bonchev–Trinajstić information content (AvgIpc) is 2.83. The molecule has 2 aromatic heterocycles. The largest absolute Gasteiger partial charge is 0.462 e. The summed E-state index contributed by atoms with van der Waals surface area (Å²) in [6.45, 7) is 2.14. The summed E-state index contributed by atoms with van der Waals surface area (Å²) in [6.07, 6.45) is 3.55. The predicted octanol–water partition coefficient (Wildman–Crippen LogP) is 2.25. The highest BCUT2D eigenvalue weighted by molar-refractivity contribution is 7.21. The molecule has 0 aliphatic rings. The van der Waals surface area contributed by atoms with Crippen LogP contribution in [0.5, 0.6) is 0 Å². The number of esters is 1. The van der Waals surface area contributed by atoms with Crippen LogP contribution in [0.2, 0.25) is 0 Å². The van der Waals surface area contributed by atoms with Gasteiger partial charge in [0.2, 0.25) is 6.34 Å². The lowest BCUT2D eigenvalue weighted by Crippen LogP contribution is -2.13. The Morgan fingerprint density at radius 3 is 2.82 bits per heavy atom. The van der Waals surface area contributed by atoms with E-state index in [1.165, 1.54) is 11.3 Å². The van der Waals surface area contributed by atoms with Gasteiger partial charge in [-0.1, -0.05) is 0 Å². The van der Waals surface area contributed by atoms with Crippen molar-refractivity contribution in [3.63, 3.8) is 0 Å². The summed E-state index contributed by atoms with van der Waals surface area (Å²) in [5, 5.41) is 4.14. The van der Waals surface area contributed by atoms with Crippen molar-refractivity contribution in [3.05, 3.63) is 17.1 Å². The van der Waals surface area contributed by atoms with Crippen LogP contribution in [0.25, 0.3) is 10.2 Å².